The standard InChI is InChI=1S/C18H18ClNO8S/c1-24-11-6-8(5-10(19)13(11)25-2)16(21)28-7-9-12(17(22)26-3)15(20)29-14(9)18(23)27-4/h5-6H,7,20H2,1-4H3. The van der Waals surface area contributed by atoms with Crippen LogP contribution in [0.15, 0.2) is 12.1 Å². The fourth-order valence-electron chi connectivity index (χ4n) is 2.46. The monoisotopic (exact) mass is 443 g/mol. The molecule has 0 radical (unpaired) electrons. The van der Waals surface area contributed by atoms with Gasteiger partial charge in [-0.3, -0.25) is 0 Å². The maximum Gasteiger partial charge on any atom is 0.348 e. The average Bonchev–Trinajstić information content (AvgIpc) is 3.05. The Morgan fingerprint density at radius 1 is 1.00 bits per heavy atom. The van der Waals surface area contributed by atoms with Crippen LogP contribution in [0.1, 0.15) is 36.0 Å². The van der Waals surface area contributed by atoms with Crippen molar-refractivity contribution in [1.29, 1.82) is 0 Å². The van der Waals surface area contributed by atoms with Gasteiger partial charge in [0.25, 0.3) is 0 Å². The molecule has 1 aromatic carbocycles. The van der Waals surface area contributed by atoms with E-state index in [1.54, 1.807) is 0 Å². The van der Waals surface area contributed by atoms with Crippen molar-refractivity contribution in [3.8, 4) is 11.5 Å². The molecule has 2 N–H and O–H groups in total. The SMILES string of the molecule is COC(=O)c1sc(N)c(C(=O)OC)c1COC(=O)c1cc(Cl)c(OC)c(OC)c1. The molecule has 0 bridgehead atoms. The number of anilines is 1. The molecule has 0 amide bonds. The van der Waals surface area contributed by atoms with E-state index in [-0.39, 0.29) is 43.1 Å². The minimum absolute atomic E-state index is 0.0311. The summed E-state index contributed by atoms with van der Waals surface area (Å²) in [7, 11) is 5.14. The Hall–Kier alpha value is -2.98. The van der Waals surface area contributed by atoms with E-state index in [0.717, 1.165) is 11.3 Å². The number of benzene rings is 1. The smallest absolute Gasteiger partial charge is 0.348 e. The van der Waals surface area contributed by atoms with Crippen LogP contribution in [0.3, 0.4) is 0 Å². The summed E-state index contributed by atoms with van der Waals surface area (Å²) >= 11 is 6.93. The van der Waals surface area contributed by atoms with Crippen LogP contribution in [0.4, 0.5) is 5.00 Å². The molecule has 0 aliphatic heterocycles. The Morgan fingerprint density at radius 2 is 1.66 bits per heavy atom. The topological polar surface area (TPSA) is 123 Å². The number of hydrogen-bond acceptors (Lipinski definition) is 10. The third-order valence-corrected chi connectivity index (χ3v) is 5.13. The highest BCUT2D eigenvalue weighted by atomic mass is 35.5. The lowest BCUT2D eigenvalue weighted by molar-refractivity contribution is 0.0452. The number of nitrogens with two attached hydrogens (primary N) is 1. The molecule has 29 heavy (non-hydrogen) atoms. The molecule has 9 nitrogen and oxygen atoms in total. The maximum atomic E-state index is 12.5. The summed E-state index contributed by atoms with van der Waals surface area (Å²) in [5.74, 6) is -1.77. The highest BCUT2D eigenvalue weighted by molar-refractivity contribution is 7.18. The van der Waals surface area contributed by atoms with E-state index < -0.39 is 24.5 Å². The molecule has 0 aliphatic carbocycles. The third-order valence-electron chi connectivity index (χ3n) is 3.81. The molecule has 2 aromatic rings. The third kappa shape index (κ3) is 4.54. The Balaban J connectivity index is 2.36. The quantitative estimate of drug-likeness (QED) is 0.508. The molecule has 156 valence electrons. The number of carbonyl (C=O) groups is 3. The van der Waals surface area contributed by atoms with Crippen molar-refractivity contribution in [2.45, 2.75) is 6.61 Å². The van der Waals surface area contributed by atoms with Gasteiger partial charge >= 0.3 is 17.9 Å². The van der Waals surface area contributed by atoms with E-state index in [2.05, 4.69) is 0 Å². The Labute approximate surface area is 175 Å². The van der Waals surface area contributed by atoms with Gasteiger partial charge in [0.2, 0.25) is 0 Å². The number of halogens is 1. The summed E-state index contributed by atoms with van der Waals surface area (Å²) in [4.78, 5) is 36.6. The van der Waals surface area contributed by atoms with Crippen molar-refractivity contribution in [2.24, 2.45) is 0 Å². The molecule has 0 unspecified atom stereocenters. The molecule has 0 saturated carbocycles. The second-order valence-electron chi connectivity index (χ2n) is 5.40. The zero-order valence-corrected chi connectivity index (χ0v) is 17.6. The van der Waals surface area contributed by atoms with Gasteiger partial charge in [0.1, 0.15) is 22.0 Å². The second kappa shape index (κ2) is 9.48. The number of methoxy groups -OCH3 is 4. The van der Waals surface area contributed by atoms with Crippen LogP contribution in [0.25, 0.3) is 0 Å². The zero-order chi connectivity index (χ0) is 21.7. The molecule has 0 spiro atoms. The summed E-state index contributed by atoms with van der Waals surface area (Å²) in [6, 6.07) is 2.73. The highest BCUT2D eigenvalue weighted by Crippen LogP contribution is 2.37. The number of carbonyl (C=O) groups excluding carboxylic acids is 3. The van der Waals surface area contributed by atoms with Crippen molar-refractivity contribution in [3.63, 3.8) is 0 Å². The first-order chi connectivity index (χ1) is 13.8. The molecule has 0 fully saturated rings. The van der Waals surface area contributed by atoms with E-state index in [4.69, 9.17) is 41.0 Å². The van der Waals surface area contributed by atoms with Crippen molar-refractivity contribution in [1.82, 2.24) is 0 Å². The van der Waals surface area contributed by atoms with E-state index in [1.807, 2.05) is 0 Å². The highest BCUT2D eigenvalue weighted by Gasteiger charge is 2.28. The van der Waals surface area contributed by atoms with Gasteiger partial charge in [-0.05, 0) is 12.1 Å². The van der Waals surface area contributed by atoms with E-state index >= 15 is 0 Å². The Kier molecular flexibility index (Phi) is 7.29. The molecule has 1 heterocycles. The summed E-state index contributed by atoms with van der Waals surface area (Å²) in [6.07, 6.45) is 0. The van der Waals surface area contributed by atoms with Crippen LogP contribution in [0.2, 0.25) is 5.02 Å². The molecule has 0 saturated heterocycles. The lowest BCUT2D eigenvalue weighted by atomic mass is 10.1. The first-order valence-corrected chi connectivity index (χ1v) is 9.14. The molecular formula is C18H18ClNO8S. The first kappa shape index (κ1) is 22.3. The number of thiophene rings is 1. The van der Waals surface area contributed by atoms with Gasteiger partial charge in [0.05, 0.1) is 39.0 Å². The number of esters is 3. The molecule has 2 rings (SSSR count). The van der Waals surface area contributed by atoms with Gasteiger partial charge < -0.3 is 29.4 Å². The van der Waals surface area contributed by atoms with Gasteiger partial charge in [-0.25, -0.2) is 14.4 Å². The molecule has 0 aliphatic rings. The van der Waals surface area contributed by atoms with E-state index in [1.165, 1.54) is 40.6 Å². The van der Waals surface area contributed by atoms with Crippen LogP contribution in [0, 0.1) is 0 Å². The van der Waals surface area contributed by atoms with Crippen molar-refractivity contribution >= 4 is 45.8 Å². The normalized spacial score (nSPS) is 10.2. The minimum Gasteiger partial charge on any atom is -0.493 e. The maximum absolute atomic E-state index is 12.5. The van der Waals surface area contributed by atoms with Crippen LogP contribution in [0.5, 0.6) is 11.5 Å². The van der Waals surface area contributed by atoms with Crippen LogP contribution in [-0.2, 0) is 20.8 Å². The van der Waals surface area contributed by atoms with Crippen molar-refractivity contribution in [3.05, 3.63) is 38.7 Å². The number of rotatable bonds is 7. The summed E-state index contributed by atoms with van der Waals surface area (Å²) in [6.45, 7) is -0.423. The van der Waals surface area contributed by atoms with Gasteiger partial charge in [-0.15, -0.1) is 11.3 Å². The number of ether oxygens (including phenoxy) is 5. The zero-order valence-electron chi connectivity index (χ0n) is 16.0. The number of nitrogen functional groups attached to an aromatic ring is 1. The predicted octanol–water partition coefficient (Wildman–Crippen LogP) is 2.93. The molecule has 1 aromatic heterocycles. The lowest BCUT2D eigenvalue weighted by Gasteiger charge is -2.12. The fourth-order valence-corrected chi connectivity index (χ4v) is 3.73. The van der Waals surface area contributed by atoms with E-state index in [9.17, 15) is 14.4 Å². The average molecular weight is 444 g/mol. The fraction of sp³-hybridized carbons (Fsp3) is 0.278. The van der Waals surface area contributed by atoms with Crippen LogP contribution < -0.4 is 15.2 Å². The van der Waals surface area contributed by atoms with Gasteiger partial charge in [0, 0.05) is 5.56 Å². The minimum atomic E-state index is -0.774. The van der Waals surface area contributed by atoms with E-state index in [0.29, 0.717) is 0 Å². The molecule has 0 atom stereocenters. The predicted molar refractivity (Wildman–Crippen MR) is 105 cm³/mol. The Bertz CT molecular complexity index is 956. The lowest BCUT2D eigenvalue weighted by Crippen LogP contribution is -2.13. The molecular weight excluding hydrogens is 426 g/mol. The Morgan fingerprint density at radius 3 is 2.21 bits per heavy atom. The summed E-state index contributed by atoms with van der Waals surface area (Å²) < 4.78 is 24.9. The summed E-state index contributed by atoms with van der Waals surface area (Å²) in [5.41, 5.74) is 5.95. The summed E-state index contributed by atoms with van der Waals surface area (Å²) in [5, 5.41) is 0.182. The largest absolute Gasteiger partial charge is 0.493 e. The van der Waals surface area contributed by atoms with Crippen molar-refractivity contribution < 1.29 is 38.1 Å². The van der Waals surface area contributed by atoms with Crippen molar-refractivity contribution in [2.75, 3.05) is 34.2 Å². The van der Waals surface area contributed by atoms with Gasteiger partial charge in [0.15, 0.2) is 11.5 Å². The second-order valence-corrected chi connectivity index (χ2v) is 6.86. The molecule has 11 heteroatoms. The van der Waals surface area contributed by atoms with Crippen LogP contribution in [-0.4, -0.2) is 46.3 Å². The van der Waals surface area contributed by atoms with Crippen LogP contribution >= 0.6 is 22.9 Å². The first-order valence-electron chi connectivity index (χ1n) is 7.95. The number of hydrogen-bond donors (Lipinski definition) is 1. The van der Waals surface area contributed by atoms with Gasteiger partial charge in [-0.1, -0.05) is 11.6 Å². The van der Waals surface area contributed by atoms with Gasteiger partial charge in [-0.2, -0.15) is 0 Å².